The number of nitrogens with one attached hydrogen (secondary N) is 1. The summed E-state index contributed by atoms with van der Waals surface area (Å²) in [5.74, 6) is -0.126. The van der Waals surface area contributed by atoms with Crippen molar-refractivity contribution in [2.45, 2.75) is 25.8 Å². The van der Waals surface area contributed by atoms with Gasteiger partial charge in [-0.1, -0.05) is 6.07 Å². The molecule has 2 rings (SSSR count). The van der Waals surface area contributed by atoms with Crippen molar-refractivity contribution in [2.75, 3.05) is 5.32 Å². The van der Waals surface area contributed by atoms with Crippen molar-refractivity contribution in [3.63, 3.8) is 0 Å². The average molecular weight is 238 g/mol. The first-order chi connectivity index (χ1) is 8.08. The molecule has 1 unspecified atom stereocenters. The highest BCUT2D eigenvalue weighted by atomic mass is 19.1. The van der Waals surface area contributed by atoms with Crippen LogP contribution in [0.25, 0.3) is 0 Å². The highest BCUT2D eigenvalue weighted by molar-refractivity contribution is 5.69. The molecule has 0 heterocycles. The van der Waals surface area contributed by atoms with Gasteiger partial charge >= 0.3 is 6.09 Å². The van der Waals surface area contributed by atoms with E-state index in [1.165, 1.54) is 18.9 Å². The zero-order chi connectivity index (χ0) is 12.4. The van der Waals surface area contributed by atoms with Crippen molar-refractivity contribution in [1.82, 2.24) is 0 Å². The summed E-state index contributed by atoms with van der Waals surface area (Å²) in [4.78, 5) is 10.6. The molecule has 1 atom stereocenters. The lowest BCUT2D eigenvalue weighted by Gasteiger charge is -2.15. The normalized spacial score (nSPS) is 16.4. The third-order valence-corrected chi connectivity index (χ3v) is 2.89. The number of amides is 1. The van der Waals surface area contributed by atoms with Crippen LogP contribution in [0.5, 0.6) is 5.75 Å². The first kappa shape index (κ1) is 11.7. The Labute approximate surface area is 98.9 Å². The fraction of sp³-hybridized carbons (Fsp3) is 0.417. The van der Waals surface area contributed by atoms with Crippen molar-refractivity contribution in [3.8, 4) is 5.75 Å². The molecule has 0 saturated heterocycles. The van der Waals surface area contributed by atoms with Crippen LogP contribution >= 0.6 is 0 Å². The Kier molecular flexibility index (Phi) is 3.17. The monoisotopic (exact) mass is 238 g/mol. The van der Waals surface area contributed by atoms with Gasteiger partial charge < -0.3 is 15.8 Å². The molecule has 4 nitrogen and oxygen atoms in total. The van der Waals surface area contributed by atoms with E-state index in [9.17, 15) is 9.18 Å². The van der Waals surface area contributed by atoms with E-state index in [0.29, 0.717) is 11.6 Å². The van der Waals surface area contributed by atoms with Crippen molar-refractivity contribution < 1.29 is 13.9 Å². The summed E-state index contributed by atoms with van der Waals surface area (Å²) in [6, 6.07) is 4.81. The number of anilines is 1. The topological polar surface area (TPSA) is 64.3 Å². The first-order valence-electron chi connectivity index (χ1n) is 5.60. The van der Waals surface area contributed by atoms with Gasteiger partial charge in [0.1, 0.15) is 0 Å². The molecule has 0 radical (unpaired) electrons. The largest absolute Gasteiger partial charge is 0.410 e. The lowest BCUT2D eigenvalue weighted by Crippen LogP contribution is -2.20. The maximum Gasteiger partial charge on any atom is 0.410 e. The molecule has 1 aliphatic rings. The van der Waals surface area contributed by atoms with E-state index in [1.54, 1.807) is 12.1 Å². The lowest BCUT2D eigenvalue weighted by atomic mass is 10.2. The number of nitrogens with two attached hydrogens (primary N) is 1. The minimum atomic E-state index is -1.02. The molecule has 5 heteroatoms. The molecular formula is C12H15FN2O2. The van der Waals surface area contributed by atoms with E-state index in [2.05, 4.69) is 10.1 Å². The van der Waals surface area contributed by atoms with Crippen LogP contribution in [0.3, 0.4) is 0 Å². The molecule has 0 bridgehead atoms. The van der Waals surface area contributed by atoms with Gasteiger partial charge in [-0.15, -0.1) is 0 Å². The van der Waals surface area contributed by atoms with Gasteiger partial charge in [0.05, 0.1) is 5.69 Å². The second-order valence-electron chi connectivity index (χ2n) is 4.31. The molecule has 92 valence electrons. The first-order valence-corrected chi connectivity index (χ1v) is 5.60. The van der Waals surface area contributed by atoms with E-state index in [-0.39, 0.29) is 11.8 Å². The molecule has 1 aliphatic carbocycles. The van der Waals surface area contributed by atoms with Gasteiger partial charge in [0, 0.05) is 6.04 Å². The van der Waals surface area contributed by atoms with Crippen molar-refractivity contribution in [2.24, 2.45) is 11.7 Å². The number of carbonyl (C=O) groups excluding carboxylic acids is 1. The molecule has 1 aromatic carbocycles. The van der Waals surface area contributed by atoms with Gasteiger partial charge in [0.2, 0.25) is 0 Å². The summed E-state index contributed by atoms with van der Waals surface area (Å²) in [5, 5.41) is 3.08. The zero-order valence-corrected chi connectivity index (χ0v) is 9.57. The molecule has 1 amide bonds. The number of rotatable bonds is 4. The van der Waals surface area contributed by atoms with Gasteiger partial charge in [-0.2, -0.15) is 0 Å². The Balaban J connectivity index is 2.13. The summed E-state index contributed by atoms with van der Waals surface area (Å²) in [7, 11) is 0. The quantitative estimate of drug-likeness (QED) is 0.847. The molecule has 1 aromatic rings. The van der Waals surface area contributed by atoms with Crippen LogP contribution in [-0.2, 0) is 0 Å². The molecule has 17 heavy (non-hydrogen) atoms. The van der Waals surface area contributed by atoms with E-state index < -0.39 is 11.9 Å². The predicted molar refractivity (Wildman–Crippen MR) is 62.4 cm³/mol. The predicted octanol–water partition coefficient (Wildman–Crippen LogP) is 2.49. The van der Waals surface area contributed by atoms with E-state index in [1.807, 2.05) is 6.92 Å². The average Bonchev–Trinajstić information content (AvgIpc) is 3.06. The lowest BCUT2D eigenvalue weighted by molar-refractivity contribution is 0.209. The summed E-state index contributed by atoms with van der Waals surface area (Å²) in [5.41, 5.74) is 5.19. The summed E-state index contributed by atoms with van der Waals surface area (Å²) < 4.78 is 18.4. The SMILES string of the molecule is CC(Nc1cccc(OC(N)=O)c1F)C1CC1. The van der Waals surface area contributed by atoms with Crippen LogP contribution in [0.4, 0.5) is 14.9 Å². The Morgan fingerprint density at radius 2 is 2.29 bits per heavy atom. The molecule has 1 fully saturated rings. The smallest absolute Gasteiger partial charge is 0.407 e. The number of hydrogen-bond donors (Lipinski definition) is 2. The molecule has 0 aliphatic heterocycles. The number of carbonyl (C=O) groups is 1. The number of primary amides is 1. The Hall–Kier alpha value is -1.78. The minimum absolute atomic E-state index is 0.148. The second kappa shape index (κ2) is 4.61. The van der Waals surface area contributed by atoms with Crippen molar-refractivity contribution in [1.29, 1.82) is 0 Å². The third kappa shape index (κ3) is 2.87. The van der Waals surface area contributed by atoms with Crippen molar-refractivity contribution >= 4 is 11.8 Å². The number of ether oxygens (including phenoxy) is 1. The zero-order valence-electron chi connectivity index (χ0n) is 9.57. The number of benzene rings is 1. The van der Waals surface area contributed by atoms with Gasteiger partial charge in [0.25, 0.3) is 0 Å². The maximum atomic E-state index is 13.9. The van der Waals surface area contributed by atoms with Gasteiger partial charge in [-0.05, 0) is 37.8 Å². The summed E-state index contributed by atoms with van der Waals surface area (Å²) in [6.45, 7) is 2.01. The van der Waals surface area contributed by atoms with Gasteiger partial charge in [-0.25, -0.2) is 9.18 Å². The highest BCUT2D eigenvalue weighted by Gasteiger charge is 2.28. The van der Waals surface area contributed by atoms with Gasteiger partial charge in [0.15, 0.2) is 11.6 Å². The minimum Gasteiger partial charge on any atom is -0.407 e. The Morgan fingerprint density at radius 3 is 2.88 bits per heavy atom. The third-order valence-electron chi connectivity index (χ3n) is 2.89. The van der Waals surface area contributed by atoms with E-state index >= 15 is 0 Å². The molecule has 0 aromatic heterocycles. The summed E-state index contributed by atoms with van der Waals surface area (Å²) in [6.07, 6.45) is 1.33. The second-order valence-corrected chi connectivity index (χ2v) is 4.31. The molecule has 1 saturated carbocycles. The van der Waals surface area contributed by atoms with Crippen LogP contribution in [0, 0.1) is 11.7 Å². The van der Waals surface area contributed by atoms with Crippen molar-refractivity contribution in [3.05, 3.63) is 24.0 Å². The fourth-order valence-corrected chi connectivity index (χ4v) is 1.77. The van der Waals surface area contributed by atoms with Crippen LogP contribution in [0.1, 0.15) is 19.8 Å². The molecular weight excluding hydrogens is 223 g/mol. The highest BCUT2D eigenvalue weighted by Crippen LogP contribution is 2.35. The Bertz CT molecular complexity index is 433. The van der Waals surface area contributed by atoms with Crippen LogP contribution in [0.15, 0.2) is 18.2 Å². The van der Waals surface area contributed by atoms with Gasteiger partial charge in [-0.3, -0.25) is 0 Å². The van der Waals surface area contributed by atoms with E-state index in [0.717, 1.165) is 0 Å². The molecule has 3 N–H and O–H groups in total. The van der Waals surface area contributed by atoms with Crippen LogP contribution < -0.4 is 15.8 Å². The summed E-state index contributed by atoms with van der Waals surface area (Å²) >= 11 is 0. The fourth-order valence-electron chi connectivity index (χ4n) is 1.77. The van der Waals surface area contributed by atoms with Crippen LogP contribution in [0.2, 0.25) is 0 Å². The Morgan fingerprint density at radius 1 is 1.59 bits per heavy atom. The molecule has 0 spiro atoms. The van der Waals surface area contributed by atoms with E-state index in [4.69, 9.17) is 5.73 Å². The standard InChI is InChI=1S/C12H15FN2O2/c1-7(8-5-6-8)15-9-3-2-4-10(11(9)13)17-12(14)16/h2-4,7-8,15H,5-6H2,1H3,(H2,14,16). The number of hydrogen-bond acceptors (Lipinski definition) is 3. The number of halogens is 1. The van der Waals surface area contributed by atoms with Crippen LogP contribution in [-0.4, -0.2) is 12.1 Å². The maximum absolute atomic E-state index is 13.9.